The first kappa shape index (κ1) is 89.5. The fourth-order valence-electron chi connectivity index (χ4n) is 13.6. The Kier molecular flexibility index (Phi) is 32.4. The first-order valence-corrected chi connectivity index (χ1v) is 41.2. The zero-order chi connectivity index (χ0) is 83.9. The van der Waals surface area contributed by atoms with Crippen LogP contribution in [0.3, 0.4) is 0 Å². The number of nitrogens with one attached hydrogen (secondary N) is 1. The summed E-state index contributed by atoms with van der Waals surface area (Å²) in [5.74, 6) is -18.5. The molecule has 5 aromatic rings. The highest BCUT2D eigenvalue weighted by Gasteiger charge is 2.71. The number of carbonyl (C=O) groups is 12. The molecule has 116 heavy (non-hydrogen) atoms. The van der Waals surface area contributed by atoms with Crippen molar-refractivity contribution in [1.82, 2.24) is 10.2 Å². The van der Waals surface area contributed by atoms with Gasteiger partial charge in [-0.25, -0.2) is 19.3 Å². The van der Waals surface area contributed by atoms with Crippen molar-refractivity contribution in [2.24, 2.45) is 0 Å². The van der Waals surface area contributed by atoms with Crippen LogP contribution in [-0.2, 0) is 164 Å². The first-order chi connectivity index (χ1) is 55.3. The highest BCUT2D eigenvalue weighted by atomic mass is 28.3. The van der Waals surface area contributed by atoms with Crippen molar-refractivity contribution in [3.63, 3.8) is 0 Å². The fourth-order valence-corrected chi connectivity index (χ4v) is 14.4. The molecule has 3 amide bonds. The van der Waals surface area contributed by atoms with E-state index in [2.05, 4.69) is 25.0 Å². The van der Waals surface area contributed by atoms with Gasteiger partial charge in [-0.2, -0.15) is 0 Å². The van der Waals surface area contributed by atoms with Crippen LogP contribution >= 0.6 is 0 Å². The van der Waals surface area contributed by atoms with Gasteiger partial charge >= 0.3 is 59.8 Å². The zero-order valence-electron chi connectivity index (χ0n) is 66.2. The molecule has 5 aliphatic rings. The SMILES string of the molecule is COC(=O)[C@@]1(O[C@H]2C[C@@]3(OC[C@H]4O[C@@H](OCC[Si](C)(C)C)[C@H](OC(=O)c5ccccc5)[C@@H](OCc5ccccc5)[C@@H]4OCc4ccccc4)O[C@@H]([C@H](OC(C)=O)[C@@H](COC(C)=O)OC(C)=O)[C@@H]2N(C(=O)OCc2ccccc2)C3=O)C[C@H](OC(C)=O)[C@@H](NC(=O)COCc2ccccc2)[C@H]([C@H](OC(C)=O)[C@@H](COC(C)=O)OC(C)=O)O1. The zero-order valence-corrected chi connectivity index (χ0v) is 67.2. The van der Waals surface area contributed by atoms with Crippen molar-refractivity contribution in [3.05, 3.63) is 179 Å². The van der Waals surface area contributed by atoms with Crippen molar-refractivity contribution >= 4 is 79.7 Å². The van der Waals surface area contributed by atoms with E-state index in [0.717, 1.165) is 55.6 Å². The van der Waals surface area contributed by atoms with E-state index in [9.17, 15) is 43.2 Å². The second kappa shape index (κ2) is 41.9. The summed E-state index contributed by atoms with van der Waals surface area (Å²) in [4.78, 5) is 171. The van der Waals surface area contributed by atoms with E-state index in [1.165, 1.54) is 0 Å². The Morgan fingerprint density at radius 1 is 0.526 bits per heavy atom. The summed E-state index contributed by atoms with van der Waals surface area (Å²) in [6, 6.07) is 39.2. The van der Waals surface area contributed by atoms with Gasteiger partial charge in [-0.1, -0.05) is 159 Å². The molecule has 5 fully saturated rings. The minimum absolute atomic E-state index is 0.0358. The molecule has 0 spiro atoms. The maximum atomic E-state index is 16.5. The lowest BCUT2D eigenvalue weighted by atomic mass is 9.81. The van der Waals surface area contributed by atoms with Crippen LogP contribution in [-0.4, -0.2) is 228 Å². The van der Waals surface area contributed by atoms with Gasteiger partial charge in [0.2, 0.25) is 5.91 Å². The second-order valence-electron chi connectivity index (χ2n) is 29.0. The summed E-state index contributed by atoms with van der Waals surface area (Å²) in [6.07, 6.45) is -27.8. The number of piperidine rings is 1. The van der Waals surface area contributed by atoms with Crippen molar-refractivity contribution in [2.75, 3.05) is 40.1 Å². The van der Waals surface area contributed by atoms with E-state index in [0.29, 0.717) is 33.2 Å². The van der Waals surface area contributed by atoms with Crippen LogP contribution in [0.25, 0.3) is 0 Å². The average Bonchev–Trinajstić information content (AvgIpc) is 0.703. The molecular formula is C82H98N2O31Si. The number of rotatable bonds is 38. The molecule has 17 atom stereocenters. The van der Waals surface area contributed by atoms with Gasteiger partial charge in [0.1, 0.15) is 63.1 Å². The van der Waals surface area contributed by atoms with Gasteiger partial charge in [0.15, 0.2) is 36.8 Å². The third kappa shape index (κ3) is 25.1. The Morgan fingerprint density at radius 3 is 1.51 bits per heavy atom. The van der Waals surface area contributed by atoms with Gasteiger partial charge in [0, 0.05) is 69.6 Å². The van der Waals surface area contributed by atoms with Gasteiger partial charge in [-0.05, 0) is 40.4 Å². The second-order valence-corrected chi connectivity index (χ2v) is 34.6. The number of ether oxygens (including phenoxy) is 19. The summed E-state index contributed by atoms with van der Waals surface area (Å²) in [6.45, 7) is 8.61. The number of methoxy groups -OCH3 is 1. The van der Waals surface area contributed by atoms with Crippen LogP contribution in [0.1, 0.15) is 93.9 Å². The van der Waals surface area contributed by atoms with Gasteiger partial charge in [-0.15, -0.1) is 0 Å². The van der Waals surface area contributed by atoms with Gasteiger partial charge < -0.3 is 95.3 Å². The maximum Gasteiger partial charge on any atom is 0.417 e. The summed E-state index contributed by atoms with van der Waals surface area (Å²) >= 11 is 0. The van der Waals surface area contributed by atoms with Crippen LogP contribution in [0, 0.1) is 0 Å². The molecule has 5 aromatic carbocycles. The van der Waals surface area contributed by atoms with E-state index in [-0.39, 0.29) is 32.0 Å². The predicted octanol–water partition coefficient (Wildman–Crippen LogP) is 7.04. The first-order valence-electron chi connectivity index (χ1n) is 37.5. The number of benzene rings is 5. The summed E-state index contributed by atoms with van der Waals surface area (Å²) in [7, 11) is -1.09. The molecule has 5 heterocycles. The lowest BCUT2D eigenvalue weighted by Crippen LogP contribution is -2.80. The number of esters is 9. The Bertz CT molecular complexity index is 4160. The van der Waals surface area contributed by atoms with Crippen LogP contribution in [0.15, 0.2) is 152 Å². The monoisotopic (exact) mass is 1630 g/mol. The van der Waals surface area contributed by atoms with Crippen LogP contribution in [0.2, 0.25) is 25.7 Å². The minimum atomic E-state index is -3.23. The number of amides is 3. The van der Waals surface area contributed by atoms with E-state index in [1.54, 1.807) is 152 Å². The van der Waals surface area contributed by atoms with Crippen molar-refractivity contribution in [1.29, 1.82) is 0 Å². The Morgan fingerprint density at radius 2 is 1.02 bits per heavy atom. The normalized spacial score (nSPS) is 24.6. The number of nitrogens with zero attached hydrogens (tertiary/aromatic N) is 1. The Labute approximate surface area is 670 Å². The molecular weight excluding hydrogens is 1540 g/mol. The lowest BCUT2D eigenvalue weighted by Gasteiger charge is -2.58. The maximum absolute atomic E-state index is 16.5. The quantitative estimate of drug-likeness (QED) is 0.0235. The Balaban J connectivity index is 1.27. The van der Waals surface area contributed by atoms with E-state index >= 15 is 14.4 Å². The smallest absolute Gasteiger partial charge is 0.417 e. The molecule has 10 rings (SSSR count). The molecule has 1 N–H and O–H groups in total. The predicted molar refractivity (Wildman–Crippen MR) is 402 cm³/mol. The van der Waals surface area contributed by atoms with E-state index in [1.807, 2.05) is 0 Å². The van der Waals surface area contributed by atoms with E-state index in [4.69, 9.17) is 90.0 Å². The van der Waals surface area contributed by atoms with E-state index < -0.39 is 229 Å². The molecule has 2 bridgehead atoms. The van der Waals surface area contributed by atoms with Crippen molar-refractivity contribution in [2.45, 2.75) is 217 Å². The Hall–Kier alpha value is -10.4. The van der Waals surface area contributed by atoms with Crippen LogP contribution < -0.4 is 5.32 Å². The molecule has 0 radical (unpaired) electrons. The molecule has 626 valence electrons. The summed E-state index contributed by atoms with van der Waals surface area (Å²) in [5, 5.41) is 2.69. The molecule has 0 aromatic heterocycles. The van der Waals surface area contributed by atoms with Crippen LogP contribution in [0.4, 0.5) is 4.79 Å². The molecule has 5 aliphatic heterocycles. The molecule has 0 unspecified atom stereocenters. The third-order valence-electron chi connectivity index (χ3n) is 18.7. The largest absolute Gasteiger partial charge is 0.465 e. The third-order valence-corrected chi connectivity index (χ3v) is 20.4. The standard InChI is InChI=1S/C82H98N2O31Si/c1-49(85)100-45-63(107-52(4)88)70(109-54(6)90)72-67(83-66(92)48-98-41-56-27-17-12-18-28-56)61(106-51(3)87)39-82(114-72,79(95)97-8)113-62-40-81(78(94)84(80(96)104-44-59-33-23-15-24-34-59)68(62)73(115-81)71(110-55(7)91)64(108-53(5)89)46-101-50(2)86)105-47-65-69(102-42-57-29-19-13-20-30-57)74(103-43-58-31-21-14-22-32-58)75(77(111-65)99-37-38-116(9,10)11)112-76(93)60-35-25-16-26-36-60/h12-36,61-65,67-75,77H,37-48H2,1-11H3,(H,83,92)/t61-,62-,63+,64+,65+,67+,68+,69+,70+,71+,72+,73+,74-,75+,77+,81+,82+/m0/s1. The number of imide groups is 1. The van der Waals surface area contributed by atoms with Crippen LogP contribution in [0.5, 0.6) is 0 Å². The van der Waals surface area contributed by atoms with Crippen molar-refractivity contribution in [3.8, 4) is 0 Å². The molecule has 0 saturated carbocycles. The van der Waals surface area contributed by atoms with Crippen molar-refractivity contribution < 1.29 is 148 Å². The number of hydrogen-bond acceptors (Lipinski definition) is 31. The molecule has 34 heteroatoms. The van der Waals surface area contributed by atoms with Gasteiger partial charge in [0.25, 0.3) is 17.5 Å². The molecule has 33 nitrogen and oxygen atoms in total. The lowest BCUT2D eigenvalue weighted by molar-refractivity contribution is -0.382. The average molecular weight is 1640 g/mol. The number of hydrogen-bond donors (Lipinski definition) is 1. The highest BCUT2D eigenvalue weighted by molar-refractivity contribution is 6.76. The molecule has 0 aliphatic carbocycles. The van der Waals surface area contributed by atoms with Gasteiger partial charge in [0.05, 0.1) is 63.7 Å². The summed E-state index contributed by atoms with van der Waals surface area (Å²) < 4.78 is 120. The van der Waals surface area contributed by atoms with Gasteiger partial charge in [-0.3, -0.25) is 43.2 Å². The minimum Gasteiger partial charge on any atom is -0.465 e. The number of carbonyl (C=O) groups excluding carboxylic acids is 12. The number of fused-ring (bicyclic) bond motifs is 3. The topological polar surface area (TPSA) is 395 Å². The fraction of sp³-hybridized carbons (Fsp3) is 0.488. The molecule has 5 saturated heterocycles. The highest BCUT2D eigenvalue weighted by Crippen LogP contribution is 2.49. The number of morpholine rings is 1. The summed E-state index contributed by atoms with van der Waals surface area (Å²) in [5.41, 5.74) is 2.45.